The van der Waals surface area contributed by atoms with Gasteiger partial charge in [0.25, 0.3) is 0 Å². The van der Waals surface area contributed by atoms with Crippen LogP contribution in [-0.2, 0) is 0 Å². The summed E-state index contributed by atoms with van der Waals surface area (Å²) in [5.74, 6) is 0. The lowest BCUT2D eigenvalue weighted by Gasteiger charge is -2.11. The van der Waals surface area contributed by atoms with Crippen molar-refractivity contribution < 1.29 is 0 Å². The van der Waals surface area contributed by atoms with Crippen LogP contribution in [-0.4, -0.2) is 0 Å². The zero-order valence-electron chi connectivity index (χ0n) is 7.96. The fraction of sp³-hybridized carbons (Fsp3) is 0.538. The third kappa shape index (κ3) is 9.13. The van der Waals surface area contributed by atoms with Crippen LogP contribution in [0.4, 0.5) is 0 Å². The monoisotopic (exact) mass is 182 g/mol. The molecule has 0 radical (unpaired) electrons. The Kier molecular flexibility index (Phi) is 13.0. The molecule has 0 aromatic heterocycles. The zero-order valence-corrected chi connectivity index (χ0v) is 7.96. The van der Waals surface area contributed by atoms with Gasteiger partial charge in [0.15, 0.2) is 0 Å². The molecule has 0 N–H and O–H groups in total. The minimum Gasteiger partial charge on any atom is -0.0776 e. The van der Waals surface area contributed by atoms with Crippen molar-refractivity contribution in [2.24, 2.45) is 5.41 Å². The number of hydrogen-bond donors (Lipinski definition) is 0. The SMILES string of the molecule is C.C.CC.CC1(C)C=CC=CC=C1. The van der Waals surface area contributed by atoms with Gasteiger partial charge in [0, 0.05) is 5.41 Å². The first kappa shape index (κ1) is 18.1. The molecule has 0 unspecified atom stereocenters. The smallest absolute Gasteiger partial charge is 0.00106 e. The molecule has 0 fully saturated rings. The van der Waals surface area contributed by atoms with Crippen molar-refractivity contribution in [3.05, 3.63) is 36.5 Å². The van der Waals surface area contributed by atoms with Gasteiger partial charge in [-0.25, -0.2) is 0 Å². The van der Waals surface area contributed by atoms with E-state index in [1.165, 1.54) is 0 Å². The molecule has 0 amide bonds. The Morgan fingerprint density at radius 1 is 0.692 bits per heavy atom. The summed E-state index contributed by atoms with van der Waals surface area (Å²) in [7, 11) is 0. The van der Waals surface area contributed by atoms with E-state index in [-0.39, 0.29) is 20.3 Å². The van der Waals surface area contributed by atoms with E-state index >= 15 is 0 Å². The lowest BCUT2D eigenvalue weighted by atomic mass is 9.93. The molecule has 0 spiro atoms. The number of allylic oxidation sites excluding steroid dienone is 6. The Labute approximate surface area is 85.1 Å². The maximum Gasteiger partial charge on any atom is 0.00106 e. The lowest BCUT2D eigenvalue weighted by Crippen LogP contribution is -2.00. The topological polar surface area (TPSA) is 0 Å². The molecular formula is C13H26. The van der Waals surface area contributed by atoms with Crippen LogP contribution in [0.1, 0.15) is 42.5 Å². The van der Waals surface area contributed by atoms with Crippen molar-refractivity contribution in [1.29, 1.82) is 0 Å². The average molecular weight is 182 g/mol. The van der Waals surface area contributed by atoms with E-state index in [0.29, 0.717) is 0 Å². The fourth-order valence-electron chi connectivity index (χ4n) is 0.791. The van der Waals surface area contributed by atoms with Crippen LogP contribution in [0.25, 0.3) is 0 Å². The van der Waals surface area contributed by atoms with Crippen LogP contribution >= 0.6 is 0 Å². The first-order chi connectivity index (χ1) is 5.21. The number of rotatable bonds is 0. The van der Waals surface area contributed by atoms with Gasteiger partial charge in [-0.05, 0) is 0 Å². The van der Waals surface area contributed by atoms with Crippen LogP contribution < -0.4 is 0 Å². The molecule has 0 atom stereocenters. The van der Waals surface area contributed by atoms with Crippen LogP contribution in [0.5, 0.6) is 0 Å². The molecular weight excluding hydrogens is 156 g/mol. The van der Waals surface area contributed by atoms with Gasteiger partial charge in [-0.3, -0.25) is 0 Å². The molecule has 1 aliphatic carbocycles. The van der Waals surface area contributed by atoms with E-state index in [1.54, 1.807) is 0 Å². The predicted molar refractivity (Wildman–Crippen MR) is 66.0 cm³/mol. The van der Waals surface area contributed by atoms with Crippen molar-refractivity contribution in [3.8, 4) is 0 Å². The standard InChI is InChI=1S/C9H12.C2H6.2CH4/c1-9(2)7-5-3-4-6-8-9;1-2;;/h3-8H,1-2H3;1-2H3;2*1H4. The average Bonchev–Trinajstić information content (AvgIpc) is 2.17. The summed E-state index contributed by atoms with van der Waals surface area (Å²) in [4.78, 5) is 0. The highest BCUT2D eigenvalue weighted by atomic mass is 14.1. The summed E-state index contributed by atoms with van der Waals surface area (Å²) in [5.41, 5.74) is 0.240. The van der Waals surface area contributed by atoms with Crippen molar-refractivity contribution in [1.82, 2.24) is 0 Å². The summed E-state index contributed by atoms with van der Waals surface area (Å²) < 4.78 is 0. The molecule has 1 aliphatic rings. The zero-order chi connectivity index (χ0) is 8.74. The summed E-state index contributed by atoms with van der Waals surface area (Å²) in [6.07, 6.45) is 12.6. The molecule has 0 bridgehead atoms. The minimum absolute atomic E-state index is 0. The van der Waals surface area contributed by atoms with E-state index in [1.807, 2.05) is 26.0 Å². The van der Waals surface area contributed by atoms with E-state index < -0.39 is 0 Å². The summed E-state index contributed by atoms with van der Waals surface area (Å²) in [6, 6.07) is 0. The van der Waals surface area contributed by atoms with Crippen molar-refractivity contribution in [2.45, 2.75) is 42.5 Å². The van der Waals surface area contributed by atoms with Crippen molar-refractivity contribution >= 4 is 0 Å². The molecule has 0 heteroatoms. The molecule has 78 valence electrons. The van der Waals surface area contributed by atoms with E-state index in [0.717, 1.165) is 0 Å². The maximum absolute atomic E-state index is 2.19. The second-order valence-electron chi connectivity index (χ2n) is 2.92. The van der Waals surface area contributed by atoms with E-state index in [4.69, 9.17) is 0 Å². The predicted octanol–water partition coefficient (Wildman–Crippen LogP) is 4.99. The van der Waals surface area contributed by atoms with Crippen molar-refractivity contribution in [3.63, 3.8) is 0 Å². The Bertz CT molecular complexity index is 150. The Hall–Kier alpha value is -0.780. The molecule has 0 nitrogen and oxygen atoms in total. The summed E-state index contributed by atoms with van der Waals surface area (Å²) >= 11 is 0. The highest BCUT2D eigenvalue weighted by Crippen LogP contribution is 2.20. The Morgan fingerprint density at radius 3 is 1.31 bits per heavy atom. The number of hydrogen-bond acceptors (Lipinski definition) is 0. The summed E-state index contributed by atoms with van der Waals surface area (Å²) in [6.45, 7) is 8.38. The Balaban J connectivity index is -0.000000234. The first-order valence-electron chi connectivity index (χ1n) is 4.24. The van der Waals surface area contributed by atoms with Gasteiger partial charge in [-0.1, -0.05) is 79.0 Å². The molecule has 1 rings (SSSR count). The fourth-order valence-corrected chi connectivity index (χ4v) is 0.791. The first-order valence-corrected chi connectivity index (χ1v) is 4.24. The lowest BCUT2D eigenvalue weighted by molar-refractivity contribution is 0.627. The molecule has 13 heavy (non-hydrogen) atoms. The molecule has 0 saturated heterocycles. The third-order valence-corrected chi connectivity index (χ3v) is 1.38. The highest BCUT2D eigenvalue weighted by molar-refractivity contribution is 5.22. The van der Waals surface area contributed by atoms with E-state index in [9.17, 15) is 0 Å². The highest BCUT2D eigenvalue weighted by Gasteiger charge is 2.07. The second-order valence-corrected chi connectivity index (χ2v) is 2.92. The van der Waals surface area contributed by atoms with Gasteiger partial charge in [0.1, 0.15) is 0 Å². The van der Waals surface area contributed by atoms with Crippen LogP contribution in [0, 0.1) is 5.41 Å². The molecule has 0 aromatic carbocycles. The summed E-state index contributed by atoms with van der Waals surface area (Å²) in [5, 5.41) is 0. The van der Waals surface area contributed by atoms with Crippen LogP contribution in [0.3, 0.4) is 0 Å². The molecule has 0 saturated carbocycles. The quantitative estimate of drug-likeness (QED) is 0.495. The Morgan fingerprint density at radius 2 is 1.00 bits per heavy atom. The van der Waals surface area contributed by atoms with Gasteiger partial charge < -0.3 is 0 Å². The third-order valence-electron chi connectivity index (χ3n) is 1.38. The second kappa shape index (κ2) is 9.31. The maximum atomic E-state index is 2.19. The largest absolute Gasteiger partial charge is 0.0776 e. The van der Waals surface area contributed by atoms with Gasteiger partial charge in [-0.2, -0.15) is 0 Å². The van der Waals surface area contributed by atoms with Gasteiger partial charge in [0.2, 0.25) is 0 Å². The van der Waals surface area contributed by atoms with Gasteiger partial charge >= 0.3 is 0 Å². The molecule has 0 heterocycles. The van der Waals surface area contributed by atoms with Crippen LogP contribution in [0.2, 0.25) is 0 Å². The molecule has 0 aromatic rings. The van der Waals surface area contributed by atoms with E-state index in [2.05, 4.69) is 38.2 Å². The molecule has 0 aliphatic heterocycles. The van der Waals surface area contributed by atoms with Crippen LogP contribution in [0.15, 0.2) is 36.5 Å². The minimum atomic E-state index is 0. The van der Waals surface area contributed by atoms with Gasteiger partial charge in [0.05, 0.1) is 0 Å². The normalized spacial score (nSPS) is 15.7. The van der Waals surface area contributed by atoms with Crippen molar-refractivity contribution in [2.75, 3.05) is 0 Å². The van der Waals surface area contributed by atoms with Gasteiger partial charge in [-0.15, -0.1) is 0 Å².